The number of hydrogen-bond donors (Lipinski definition) is 4. The molecule has 5 N–H and O–H groups in total. The summed E-state index contributed by atoms with van der Waals surface area (Å²) in [6.07, 6.45) is 3.01. The second kappa shape index (κ2) is 13.0. The monoisotopic (exact) mass is 595 g/mol. The molecule has 0 aliphatic carbocycles. The number of likely N-dealkylation sites (N-methyl/N-ethyl adjacent to an activating group) is 1. The molecule has 44 heavy (non-hydrogen) atoms. The van der Waals surface area contributed by atoms with Gasteiger partial charge < -0.3 is 31.3 Å². The number of hydrogen-bond acceptors (Lipinski definition) is 6. The van der Waals surface area contributed by atoms with E-state index in [1.54, 1.807) is 13.2 Å². The van der Waals surface area contributed by atoms with Gasteiger partial charge >= 0.3 is 0 Å². The normalized spacial score (nSPS) is 15.0. The van der Waals surface area contributed by atoms with Gasteiger partial charge in [-0.2, -0.15) is 0 Å². The van der Waals surface area contributed by atoms with Gasteiger partial charge in [-0.1, -0.05) is 51.6 Å². The molecule has 232 valence electrons. The maximum absolute atomic E-state index is 13.1. The predicted molar refractivity (Wildman–Crippen MR) is 180 cm³/mol. The van der Waals surface area contributed by atoms with Crippen molar-refractivity contribution in [2.45, 2.75) is 58.5 Å². The summed E-state index contributed by atoms with van der Waals surface area (Å²) in [5.41, 5.74) is 12.1. The number of benzene rings is 3. The third-order valence-electron chi connectivity index (χ3n) is 8.19. The van der Waals surface area contributed by atoms with Crippen LogP contribution in [-0.2, 0) is 10.2 Å². The predicted octanol–water partition coefficient (Wildman–Crippen LogP) is 6.24. The number of anilines is 3. The average Bonchev–Trinajstić information content (AvgIpc) is 2.97. The highest BCUT2D eigenvalue weighted by molar-refractivity contribution is 6.05. The summed E-state index contributed by atoms with van der Waals surface area (Å²) in [5.74, 6) is -0.545. The maximum atomic E-state index is 13.1. The van der Waals surface area contributed by atoms with E-state index in [2.05, 4.69) is 42.9 Å². The van der Waals surface area contributed by atoms with Crippen LogP contribution in [0.25, 0.3) is 5.70 Å². The summed E-state index contributed by atoms with van der Waals surface area (Å²) in [4.78, 5) is 29.7. The summed E-state index contributed by atoms with van der Waals surface area (Å²) in [6.45, 7) is 15.7. The van der Waals surface area contributed by atoms with Crippen LogP contribution in [0.4, 0.5) is 17.1 Å². The van der Waals surface area contributed by atoms with Gasteiger partial charge in [0.25, 0.3) is 11.8 Å². The lowest BCUT2D eigenvalue weighted by Crippen LogP contribution is -2.42. The van der Waals surface area contributed by atoms with Crippen LogP contribution in [-0.4, -0.2) is 47.6 Å². The van der Waals surface area contributed by atoms with E-state index in [9.17, 15) is 14.7 Å². The van der Waals surface area contributed by atoms with Gasteiger partial charge in [0.15, 0.2) is 0 Å². The van der Waals surface area contributed by atoms with E-state index < -0.39 is 5.60 Å². The molecule has 8 heteroatoms. The Balaban J connectivity index is 1.38. The maximum Gasteiger partial charge on any atom is 0.273 e. The molecule has 1 fully saturated rings. The molecule has 3 aromatic carbocycles. The van der Waals surface area contributed by atoms with Gasteiger partial charge in [0.1, 0.15) is 0 Å². The lowest BCUT2D eigenvalue weighted by atomic mass is 9.86. The van der Waals surface area contributed by atoms with E-state index in [0.717, 1.165) is 48.4 Å². The fourth-order valence-corrected chi connectivity index (χ4v) is 5.18. The summed E-state index contributed by atoms with van der Waals surface area (Å²) >= 11 is 0. The SMILES string of the molecule is C=C(Nc1ccc(N2CCC(C)(O)CC2)cc1)C(=O)N(C)/C=C(\N)c1cccc(NC(=O)c2ccc(C(C)(C)C)cc2)c1C. The first-order chi connectivity index (χ1) is 20.6. The molecule has 1 aliphatic rings. The number of nitrogens with zero attached hydrogens (tertiary/aromatic N) is 2. The van der Waals surface area contributed by atoms with Gasteiger partial charge in [-0.25, -0.2) is 0 Å². The van der Waals surface area contributed by atoms with Crippen LogP contribution in [0, 0.1) is 6.92 Å². The van der Waals surface area contributed by atoms with E-state index >= 15 is 0 Å². The van der Waals surface area contributed by atoms with Crippen molar-refractivity contribution in [3.8, 4) is 0 Å². The van der Waals surface area contributed by atoms with Crippen molar-refractivity contribution in [2.24, 2.45) is 5.73 Å². The quantitative estimate of drug-likeness (QED) is 0.230. The van der Waals surface area contributed by atoms with E-state index in [4.69, 9.17) is 5.73 Å². The number of rotatable bonds is 8. The van der Waals surface area contributed by atoms with Crippen LogP contribution in [0.1, 0.15) is 67.6 Å². The zero-order chi connectivity index (χ0) is 32.2. The minimum atomic E-state index is -0.600. The first kappa shape index (κ1) is 32.4. The van der Waals surface area contributed by atoms with Gasteiger partial charge in [-0.05, 0) is 85.7 Å². The molecule has 0 aromatic heterocycles. The zero-order valence-electron chi connectivity index (χ0n) is 26.7. The standard InChI is InChI=1S/C36H45N5O3/c1-24-30(9-8-10-32(24)39-33(42)26-11-13-27(14-12-26)35(3,4)5)31(37)23-40(7)34(43)25(2)38-28-15-17-29(18-16-28)41-21-19-36(6,44)20-22-41/h8-18,23,38,44H,2,19-22,37H2,1,3-7H3,(H,39,42)/b31-23-. The Morgan fingerprint density at radius 3 is 2.20 bits per heavy atom. The van der Waals surface area contributed by atoms with E-state index in [1.165, 1.54) is 4.90 Å². The molecule has 0 unspecified atom stereocenters. The summed E-state index contributed by atoms with van der Waals surface area (Å²) < 4.78 is 0. The highest BCUT2D eigenvalue weighted by atomic mass is 16.3. The Morgan fingerprint density at radius 1 is 1.00 bits per heavy atom. The van der Waals surface area contributed by atoms with E-state index in [1.807, 2.05) is 80.6 Å². The third-order valence-corrected chi connectivity index (χ3v) is 8.19. The smallest absolute Gasteiger partial charge is 0.273 e. The molecule has 8 nitrogen and oxygen atoms in total. The van der Waals surface area contributed by atoms with E-state index in [-0.39, 0.29) is 22.9 Å². The van der Waals surface area contributed by atoms with E-state index in [0.29, 0.717) is 22.5 Å². The largest absolute Gasteiger partial charge is 0.397 e. The Morgan fingerprint density at radius 2 is 1.61 bits per heavy atom. The van der Waals surface area contributed by atoms with Crippen LogP contribution < -0.4 is 21.3 Å². The molecule has 2 amide bonds. The van der Waals surface area contributed by atoms with Crippen molar-refractivity contribution in [1.29, 1.82) is 0 Å². The minimum Gasteiger partial charge on any atom is -0.397 e. The van der Waals surface area contributed by atoms with Gasteiger partial charge in [-0.3, -0.25) is 9.59 Å². The summed E-state index contributed by atoms with van der Waals surface area (Å²) in [6, 6.07) is 20.9. The summed E-state index contributed by atoms with van der Waals surface area (Å²) in [7, 11) is 1.62. The Hall–Kier alpha value is -4.56. The Labute approximate surface area is 261 Å². The van der Waals surface area contributed by atoms with Crippen molar-refractivity contribution >= 4 is 34.6 Å². The first-order valence-electron chi connectivity index (χ1n) is 14.9. The van der Waals surface area contributed by atoms with Crippen molar-refractivity contribution in [2.75, 3.05) is 35.7 Å². The molecule has 0 spiro atoms. The zero-order valence-corrected chi connectivity index (χ0v) is 26.7. The topological polar surface area (TPSA) is 111 Å². The molecule has 1 heterocycles. The number of nitrogens with one attached hydrogen (secondary N) is 2. The molecule has 0 saturated carbocycles. The lowest BCUT2D eigenvalue weighted by Gasteiger charge is -2.37. The highest BCUT2D eigenvalue weighted by Gasteiger charge is 2.27. The van der Waals surface area contributed by atoms with Crippen LogP contribution >= 0.6 is 0 Å². The molecule has 1 aliphatic heterocycles. The van der Waals surface area contributed by atoms with Crippen molar-refractivity contribution < 1.29 is 14.7 Å². The summed E-state index contributed by atoms with van der Waals surface area (Å²) in [5, 5.41) is 16.3. The van der Waals surface area contributed by atoms with Crippen LogP contribution in [0.15, 0.2) is 85.2 Å². The molecule has 0 atom stereocenters. The number of piperidine rings is 1. The molecule has 3 aromatic rings. The highest BCUT2D eigenvalue weighted by Crippen LogP contribution is 2.28. The van der Waals surface area contributed by atoms with Crippen molar-refractivity contribution in [3.63, 3.8) is 0 Å². The molecule has 0 bridgehead atoms. The van der Waals surface area contributed by atoms with Gasteiger partial charge in [0.2, 0.25) is 0 Å². The second-order valence-corrected chi connectivity index (χ2v) is 12.9. The Bertz CT molecular complexity index is 1540. The second-order valence-electron chi connectivity index (χ2n) is 12.9. The fraction of sp³-hybridized carbons (Fsp3) is 0.333. The number of aliphatic hydroxyl groups is 1. The average molecular weight is 596 g/mol. The molecule has 0 radical (unpaired) electrons. The molecular weight excluding hydrogens is 550 g/mol. The third kappa shape index (κ3) is 7.88. The number of carbonyl (C=O) groups excluding carboxylic acids is 2. The molecule has 4 rings (SSSR count). The van der Waals surface area contributed by atoms with Crippen LogP contribution in [0.3, 0.4) is 0 Å². The fourth-order valence-electron chi connectivity index (χ4n) is 5.18. The first-order valence-corrected chi connectivity index (χ1v) is 14.9. The van der Waals surface area contributed by atoms with Crippen molar-refractivity contribution in [3.05, 3.63) is 107 Å². The van der Waals surface area contributed by atoms with Crippen LogP contribution in [0.2, 0.25) is 0 Å². The number of carbonyl (C=O) groups is 2. The lowest BCUT2D eigenvalue weighted by molar-refractivity contribution is -0.123. The van der Waals surface area contributed by atoms with Gasteiger partial charge in [0, 0.05) is 54.5 Å². The number of amides is 2. The van der Waals surface area contributed by atoms with Crippen LogP contribution in [0.5, 0.6) is 0 Å². The number of nitrogens with two attached hydrogens (primary N) is 1. The van der Waals surface area contributed by atoms with Gasteiger partial charge in [-0.15, -0.1) is 0 Å². The van der Waals surface area contributed by atoms with Crippen molar-refractivity contribution in [1.82, 2.24) is 4.90 Å². The molecular formula is C36H45N5O3. The van der Waals surface area contributed by atoms with Gasteiger partial charge in [0.05, 0.1) is 17.0 Å². The Kier molecular flexibility index (Phi) is 9.54. The minimum absolute atomic E-state index is 0.00453. The molecule has 1 saturated heterocycles.